The number of halogens is 1. The standard InChI is InChI=1S/C19H27FN2O6S/c1-12(2)22(13(3)4)18(24)11-28-19(25)17-9-15(23)10-21(17)29(26,27)16-7-5-14(20)6-8-16/h5-8,12-13,15,17,23H,9-11H2,1-4H3/t15?,17-/m0/s1. The van der Waals surface area contributed by atoms with Crippen LogP contribution in [-0.4, -0.2) is 72.0 Å². The van der Waals surface area contributed by atoms with Crippen molar-refractivity contribution in [1.29, 1.82) is 0 Å². The average Bonchev–Trinajstić information content (AvgIpc) is 3.02. The Morgan fingerprint density at radius 2 is 1.76 bits per heavy atom. The molecule has 1 aliphatic heterocycles. The average molecular weight is 430 g/mol. The van der Waals surface area contributed by atoms with E-state index in [2.05, 4.69) is 0 Å². The van der Waals surface area contributed by atoms with Crippen molar-refractivity contribution in [2.75, 3.05) is 13.2 Å². The summed E-state index contributed by atoms with van der Waals surface area (Å²) < 4.78 is 44.7. The van der Waals surface area contributed by atoms with Gasteiger partial charge in [0.1, 0.15) is 11.9 Å². The van der Waals surface area contributed by atoms with Crippen molar-refractivity contribution in [3.63, 3.8) is 0 Å². The molecule has 1 aromatic carbocycles. The lowest BCUT2D eigenvalue weighted by atomic mass is 10.2. The lowest BCUT2D eigenvalue weighted by Gasteiger charge is -2.30. The molecule has 1 aromatic rings. The number of β-amino-alcohol motifs (C(OH)–C–C–N with tert-alkyl or cyclic N) is 1. The van der Waals surface area contributed by atoms with E-state index in [0.29, 0.717) is 0 Å². The number of aliphatic hydroxyl groups is 1. The number of amides is 1. The number of carbonyl (C=O) groups excluding carboxylic acids is 2. The third-order valence-corrected chi connectivity index (χ3v) is 6.55. The highest BCUT2D eigenvalue weighted by Gasteiger charge is 2.44. The molecule has 0 aromatic heterocycles. The van der Waals surface area contributed by atoms with Crippen LogP contribution < -0.4 is 0 Å². The second-order valence-corrected chi connectivity index (χ2v) is 9.42. The quantitative estimate of drug-likeness (QED) is 0.651. The molecule has 0 bridgehead atoms. The molecule has 2 atom stereocenters. The number of ether oxygens (including phenoxy) is 1. The first kappa shape index (κ1) is 23.2. The number of nitrogens with zero attached hydrogens (tertiary/aromatic N) is 2. The van der Waals surface area contributed by atoms with Gasteiger partial charge in [0.25, 0.3) is 5.91 Å². The van der Waals surface area contributed by atoms with Crippen molar-refractivity contribution in [3.8, 4) is 0 Å². The van der Waals surface area contributed by atoms with Crippen LogP contribution in [-0.2, 0) is 24.3 Å². The van der Waals surface area contributed by atoms with Crippen LogP contribution in [0.1, 0.15) is 34.1 Å². The van der Waals surface area contributed by atoms with Crippen LogP contribution in [0.15, 0.2) is 29.2 Å². The summed E-state index contributed by atoms with van der Waals surface area (Å²) in [6.07, 6.45) is -1.20. The molecule has 29 heavy (non-hydrogen) atoms. The zero-order valence-electron chi connectivity index (χ0n) is 16.9. The van der Waals surface area contributed by atoms with Gasteiger partial charge in [0.2, 0.25) is 10.0 Å². The van der Waals surface area contributed by atoms with E-state index in [9.17, 15) is 27.5 Å². The van der Waals surface area contributed by atoms with E-state index in [4.69, 9.17) is 4.74 Å². The van der Waals surface area contributed by atoms with E-state index >= 15 is 0 Å². The van der Waals surface area contributed by atoms with Crippen LogP contribution in [0.4, 0.5) is 4.39 Å². The summed E-state index contributed by atoms with van der Waals surface area (Å²) in [5.41, 5.74) is 0. The van der Waals surface area contributed by atoms with Gasteiger partial charge in [0.05, 0.1) is 11.0 Å². The Hall–Kier alpha value is -2.04. The fourth-order valence-corrected chi connectivity index (χ4v) is 5.11. The predicted octanol–water partition coefficient (Wildman–Crippen LogP) is 1.14. The van der Waals surface area contributed by atoms with Gasteiger partial charge in [-0.3, -0.25) is 9.59 Å². The summed E-state index contributed by atoms with van der Waals surface area (Å²) in [5, 5.41) is 9.94. The fourth-order valence-electron chi connectivity index (χ4n) is 3.48. The van der Waals surface area contributed by atoms with E-state index in [0.717, 1.165) is 28.6 Å². The predicted molar refractivity (Wildman–Crippen MR) is 103 cm³/mol. The largest absolute Gasteiger partial charge is 0.454 e. The molecule has 0 saturated carbocycles. The molecule has 1 saturated heterocycles. The first-order valence-electron chi connectivity index (χ1n) is 9.38. The summed E-state index contributed by atoms with van der Waals surface area (Å²) >= 11 is 0. The second-order valence-electron chi connectivity index (χ2n) is 7.53. The highest BCUT2D eigenvalue weighted by molar-refractivity contribution is 7.89. The number of aliphatic hydroxyl groups excluding tert-OH is 1. The van der Waals surface area contributed by atoms with Crippen molar-refractivity contribution >= 4 is 21.9 Å². The molecule has 1 fully saturated rings. The Kier molecular flexibility index (Phi) is 7.36. The molecule has 1 heterocycles. The fraction of sp³-hybridized carbons (Fsp3) is 0.579. The number of esters is 1. The number of hydrogen-bond acceptors (Lipinski definition) is 6. The van der Waals surface area contributed by atoms with Crippen LogP contribution in [0.5, 0.6) is 0 Å². The lowest BCUT2D eigenvalue weighted by Crippen LogP contribution is -2.46. The summed E-state index contributed by atoms with van der Waals surface area (Å²) in [4.78, 5) is 26.3. The Bertz CT molecular complexity index is 833. The van der Waals surface area contributed by atoms with E-state index in [1.165, 1.54) is 0 Å². The first-order valence-corrected chi connectivity index (χ1v) is 10.8. The first-order chi connectivity index (χ1) is 13.4. The smallest absolute Gasteiger partial charge is 0.325 e. The Morgan fingerprint density at radius 1 is 1.21 bits per heavy atom. The molecular weight excluding hydrogens is 403 g/mol. The molecular formula is C19H27FN2O6S. The van der Waals surface area contributed by atoms with Crippen LogP contribution in [0.3, 0.4) is 0 Å². The van der Waals surface area contributed by atoms with E-state index in [1.54, 1.807) is 4.90 Å². The molecule has 0 aliphatic carbocycles. The molecule has 1 unspecified atom stereocenters. The monoisotopic (exact) mass is 430 g/mol. The number of hydrogen-bond donors (Lipinski definition) is 1. The minimum atomic E-state index is -4.15. The topological polar surface area (TPSA) is 104 Å². The zero-order valence-corrected chi connectivity index (χ0v) is 17.7. The van der Waals surface area contributed by atoms with Gasteiger partial charge < -0.3 is 14.7 Å². The van der Waals surface area contributed by atoms with Crippen LogP contribution in [0.25, 0.3) is 0 Å². The SMILES string of the molecule is CC(C)N(C(=O)COC(=O)[C@@H]1CC(O)CN1S(=O)(=O)c1ccc(F)cc1)C(C)C. The minimum absolute atomic E-state index is 0.0927. The van der Waals surface area contributed by atoms with Crippen molar-refractivity contribution in [2.45, 2.75) is 63.2 Å². The van der Waals surface area contributed by atoms with Gasteiger partial charge in [0.15, 0.2) is 6.61 Å². The van der Waals surface area contributed by atoms with Gasteiger partial charge in [-0.2, -0.15) is 4.31 Å². The second kappa shape index (κ2) is 9.19. The van der Waals surface area contributed by atoms with Gasteiger partial charge in [-0.15, -0.1) is 0 Å². The number of carbonyl (C=O) groups is 2. The van der Waals surface area contributed by atoms with Gasteiger partial charge in [-0.25, -0.2) is 12.8 Å². The zero-order chi connectivity index (χ0) is 21.9. The molecule has 0 spiro atoms. The van der Waals surface area contributed by atoms with Crippen molar-refractivity contribution in [2.24, 2.45) is 0 Å². The minimum Gasteiger partial charge on any atom is -0.454 e. The molecule has 0 radical (unpaired) electrons. The molecule has 1 amide bonds. The van der Waals surface area contributed by atoms with Gasteiger partial charge in [-0.05, 0) is 52.0 Å². The number of benzene rings is 1. The van der Waals surface area contributed by atoms with E-state index in [1.807, 2.05) is 27.7 Å². The number of rotatable bonds is 7. The van der Waals surface area contributed by atoms with Crippen LogP contribution in [0, 0.1) is 5.82 Å². The summed E-state index contributed by atoms with van der Waals surface area (Å²) in [6, 6.07) is 2.72. The summed E-state index contributed by atoms with van der Waals surface area (Å²) in [5.74, 6) is -1.90. The maximum atomic E-state index is 13.1. The molecule has 1 aliphatic rings. The number of sulfonamides is 1. The highest BCUT2D eigenvalue weighted by Crippen LogP contribution is 2.27. The summed E-state index contributed by atoms with van der Waals surface area (Å²) in [7, 11) is -4.15. The third-order valence-electron chi connectivity index (χ3n) is 4.66. The molecule has 162 valence electrons. The van der Waals surface area contributed by atoms with Gasteiger partial charge in [-0.1, -0.05) is 0 Å². The molecule has 1 N–H and O–H groups in total. The lowest BCUT2D eigenvalue weighted by molar-refractivity contribution is -0.156. The highest BCUT2D eigenvalue weighted by atomic mass is 32.2. The van der Waals surface area contributed by atoms with Crippen molar-refractivity contribution < 1.29 is 32.2 Å². The molecule has 2 rings (SSSR count). The Labute approximate surface area is 170 Å². The van der Waals surface area contributed by atoms with E-state index < -0.39 is 46.5 Å². The normalized spacial score (nSPS) is 20.3. The Morgan fingerprint density at radius 3 is 2.28 bits per heavy atom. The Balaban J connectivity index is 2.14. The summed E-state index contributed by atoms with van der Waals surface area (Å²) in [6.45, 7) is 6.53. The maximum Gasteiger partial charge on any atom is 0.325 e. The van der Waals surface area contributed by atoms with Crippen LogP contribution >= 0.6 is 0 Å². The van der Waals surface area contributed by atoms with E-state index in [-0.39, 0.29) is 29.9 Å². The van der Waals surface area contributed by atoms with Crippen molar-refractivity contribution in [3.05, 3.63) is 30.1 Å². The molecule has 8 nitrogen and oxygen atoms in total. The van der Waals surface area contributed by atoms with Gasteiger partial charge >= 0.3 is 5.97 Å². The third kappa shape index (κ3) is 5.31. The van der Waals surface area contributed by atoms with Gasteiger partial charge in [0, 0.05) is 25.0 Å². The molecule has 10 heteroatoms. The van der Waals surface area contributed by atoms with Crippen LogP contribution in [0.2, 0.25) is 0 Å². The maximum absolute atomic E-state index is 13.1. The van der Waals surface area contributed by atoms with Crippen molar-refractivity contribution in [1.82, 2.24) is 9.21 Å².